The van der Waals surface area contributed by atoms with E-state index < -0.39 is 0 Å². The Hall–Kier alpha value is -18.2. The molecule has 0 fully saturated rings. The van der Waals surface area contributed by atoms with Crippen LogP contribution in [0.3, 0.4) is 0 Å². The Balaban J connectivity index is 0.000000146. The van der Waals surface area contributed by atoms with E-state index in [-0.39, 0.29) is 0 Å². The lowest BCUT2D eigenvalue weighted by molar-refractivity contribution is 0.669. The van der Waals surface area contributed by atoms with Crippen LogP contribution in [0.5, 0.6) is 0 Å². The number of fused-ring (bicyclic) bond motifs is 12. The van der Waals surface area contributed by atoms with E-state index in [1.54, 1.807) is 0 Å². The van der Waals surface area contributed by atoms with Crippen LogP contribution in [0.25, 0.3) is 197 Å². The van der Waals surface area contributed by atoms with Crippen molar-refractivity contribution in [3.63, 3.8) is 0 Å². The standard InChI is InChI=1S/2C70H52N2O2/c2*1-41-39-61(71(49-19-9-7-10-20-49)67-43(3)35-47(36-44(67)4)53-25-17-27-57-55-23-13-15-29-63(55)73-69(53)57)59-34-32-52-42(2)40-62(60-33-31-51(41)65(59)66(52)60)72(50-21-11-8-12-22-50)68-45(5)37-48(38-46(68)6)54-26-18-28-58-56-24-14-16-30-64(56)74-70(54)58/h2*7-40H,1-6H3. The predicted octanol–water partition coefficient (Wildman–Crippen LogP) is 41.0. The van der Waals surface area contributed by atoms with Crippen molar-refractivity contribution >= 4 is 221 Å². The molecule has 0 aliphatic heterocycles. The van der Waals surface area contributed by atoms with Crippen molar-refractivity contribution in [3.05, 3.63) is 479 Å². The summed E-state index contributed by atoms with van der Waals surface area (Å²) in [5.74, 6) is 0. The van der Waals surface area contributed by atoms with Crippen LogP contribution in [0.1, 0.15) is 66.8 Å². The summed E-state index contributed by atoms with van der Waals surface area (Å²) in [7, 11) is 0. The maximum absolute atomic E-state index is 6.57. The third-order valence-corrected chi connectivity index (χ3v) is 31.3. The average molecular weight is 1910 g/mol. The lowest BCUT2D eigenvalue weighted by Crippen LogP contribution is -2.15. The Bertz CT molecular complexity index is 9030. The van der Waals surface area contributed by atoms with Gasteiger partial charge in [-0.2, -0.15) is 0 Å². The van der Waals surface area contributed by atoms with E-state index in [4.69, 9.17) is 17.7 Å². The smallest absolute Gasteiger partial charge is 0.143 e. The molecule has 0 saturated carbocycles. The van der Waals surface area contributed by atoms with Crippen molar-refractivity contribution in [1.82, 2.24) is 0 Å². The molecular weight excluding hydrogens is 1800 g/mol. The molecule has 0 aliphatic carbocycles. The van der Waals surface area contributed by atoms with Gasteiger partial charge in [0.1, 0.15) is 44.7 Å². The van der Waals surface area contributed by atoms with Crippen LogP contribution in [0.4, 0.5) is 68.2 Å². The predicted molar refractivity (Wildman–Crippen MR) is 627 cm³/mol. The Morgan fingerprint density at radius 1 is 0.142 bits per heavy atom. The van der Waals surface area contributed by atoms with Gasteiger partial charge in [0.05, 0.1) is 45.5 Å². The zero-order valence-electron chi connectivity index (χ0n) is 84.7. The van der Waals surface area contributed by atoms with Crippen molar-refractivity contribution in [2.75, 3.05) is 19.6 Å². The highest BCUT2D eigenvalue weighted by Crippen LogP contribution is 2.57. The zero-order valence-corrected chi connectivity index (χ0v) is 84.7. The first-order chi connectivity index (χ1) is 72.4. The van der Waals surface area contributed by atoms with Gasteiger partial charge in [-0.15, -0.1) is 0 Å². The third-order valence-electron chi connectivity index (χ3n) is 31.3. The maximum Gasteiger partial charge on any atom is 0.143 e. The van der Waals surface area contributed by atoms with Crippen LogP contribution in [0, 0.1) is 83.1 Å². The van der Waals surface area contributed by atoms with E-state index in [1.165, 1.54) is 154 Å². The molecule has 0 saturated heterocycles. The van der Waals surface area contributed by atoms with E-state index >= 15 is 0 Å². The average Bonchev–Trinajstić information content (AvgIpc) is 0.888. The molecule has 28 aromatic rings. The van der Waals surface area contributed by atoms with Gasteiger partial charge in [0, 0.05) is 110 Å². The Labute approximate surface area is 858 Å². The largest absolute Gasteiger partial charge is 0.455 e. The SMILES string of the molecule is Cc1cc(-c2cccc3c2oc2ccccc23)cc(C)c1N(c1ccccc1)c1cc(C)c2ccc3c(N(c4ccccc4)c4c(C)cc(-c5cccc6c5oc5ccccc56)cc4C)cc(C)c4ccc1c2c43.Cc1cc(-c2cccc3c2oc2ccccc23)cc(C)c1N(c1ccccc1)c1cc(C)c2ccc3c(N(c4ccccc4)c4c(C)cc(-c5cccc6c5oc5ccccc56)cc4C)cc(C)c4ccc1c2c43. The van der Waals surface area contributed by atoms with E-state index in [9.17, 15) is 0 Å². The first kappa shape index (κ1) is 88.7. The fourth-order valence-corrected chi connectivity index (χ4v) is 25.0. The second-order valence-electron chi connectivity index (χ2n) is 40.6. The molecule has 4 aromatic heterocycles. The van der Waals surface area contributed by atoms with Crippen molar-refractivity contribution < 1.29 is 17.7 Å². The topological polar surface area (TPSA) is 65.5 Å². The summed E-state index contributed by atoms with van der Waals surface area (Å²) in [6, 6.07) is 150. The molecule has 148 heavy (non-hydrogen) atoms. The first-order valence-electron chi connectivity index (χ1n) is 51.3. The van der Waals surface area contributed by atoms with Gasteiger partial charge < -0.3 is 37.3 Å². The van der Waals surface area contributed by atoms with Gasteiger partial charge in [0.15, 0.2) is 0 Å². The van der Waals surface area contributed by atoms with Crippen LogP contribution >= 0.6 is 0 Å². The van der Waals surface area contributed by atoms with Crippen LogP contribution in [0.15, 0.2) is 430 Å². The normalized spacial score (nSPS) is 11.9. The fraction of sp³-hybridized carbons (Fsp3) is 0.0857. The zero-order chi connectivity index (χ0) is 99.9. The van der Waals surface area contributed by atoms with E-state index in [1.807, 2.05) is 24.3 Å². The van der Waals surface area contributed by atoms with E-state index in [0.717, 1.165) is 178 Å². The Morgan fingerprint density at radius 3 is 0.520 bits per heavy atom. The quantitative estimate of drug-likeness (QED) is 0.0887. The molecule has 708 valence electrons. The highest BCUT2D eigenvalue weighted by molar-refractivity contribution is 6.32. The molecule has 0 bridgehead atoms. The van der Waals surface area contributed by atoms with Crippen LogP contribution in [-0.2, 0) is 0 Å². The molecule has 0 spiro atoms. The highest BCUT2D eigenvalue weighted by Gasteiger charge is 2.33. The van der Waals surface area contributed by atoms with Gasteiger partial charge in [-0.05, 0) is 361 Å². The van der Waals surface area contributed by atoms with Crippen LogP contribution < -0.4 is 19.6 Å². The van der Waals surface area contributed by atoms with Gasteiger partial charge >= 0.3 is 0 Å². The molecule has 0 amide bonds. The van der Waals surface area contributed by atoms with Gasteiger partial charge in [-0.1, -0.05) is 267 Å². The van der Waals surface area contributed by atoms with Crippen LogP contribution in [-0.4, -0.2) is 0 Å². The lowest BCUT2D eigenvalue weighted by atomic mass is 9.87. The number of rotatable bonds is 16. The Morgan fingerprint density at radius 2 is 0.318 bits per heavy atom. The summed E-state index contributed by atoms with van der Waals surface area (Å²) >= 11 is 0. The molecule has 0 aliphatic rings. The number of anilines is 12. The number of hydrogen-bond donors (Lipinski definition) is 0. The number of benzene rings is 24. The Kier molecular flexibility index (Phi) is 20.8. The maximum atomic E-state index is 6.57. The minimum Gasteiger partial charge on any atom is -0.455 e. The molecule has 4 heterocycles. The highest BCUT2D eigenvalue weighted by atomic mass is 16.3. The molecule has 0 unspecified atom stereocenters. The molecule has 0 N–H and O–H groups in total. The second-order valence-corrected chi connectivity index (χ2v) is 40.6. The van der Waals surface area contributed by atoms with Crippen molar-refractivity contribution in [2.24, 2.45) is 0 Å². The minimum absolute atomic E-state index is 0.905. The van der Waals surface area contributed by atoms with E-state index in [2.05, 4.69) is 491 Å². The summed E-state index contributed by atoms with van der Waals surface area (Å²) in [6.45, 7) is 27.2. The summed E-state index contributed by atoms with van der Waals surface area (Å²) in [5, 5.41) is 24.1. The third kappa shape index (κ3) is 14.1. The first-order valence-corrected chi connectivity index (χ1v) is 51.3. The van der Waals surface area contributed by atoms with Crippen molar-refractivity contribution in [1.29, 1.82) is 0 Å². The second kappa shape index (κ2) is 34.8. The summed E-state index contributed by atoms with van der Waals surface area (Å²) in [6.07, 6.45) is 0. The van der Waals surface area contributed by atoms with Gasteiger partial charge in [0.2, 0.25) is 0 Å². The molecule has 24 aromatic carbocycles. The van der Waals surface area contributed by atoms with Gasteiger partial charge in [-0.25, -0.2) is 0 Å². The molecular formula is C140H104N4O4. The summed E-state index contributed by atoms with van der Waals surface area (Å²) in [5.41, 5.74) is 44.4. The number of para-hydroxylation sites is 12. The number of aryl methyl sites for hydroxylation is 12. The van der Waals surface area contributed by atoms with Gasteiger partial charge in [0.25, 0.3) is 0 Å². The van der Waals surface area contributed by atoms with Crippen molar-refractivity contribution in [3.8, 4) is 44.5 Å². The minimum atomic E-state index is 0.905. The monoisotopic (exact) mass is 1900 g/mol. The molecule has 28 rings (SSSR count). The van der Waals surface area contributed by atoms with Crippen LogP contribution in [0.2, 0.25) is 0 Å². The molecule has 0 radical (unpaired) electrons. The number of nitrogens with zero attached hydrogens (tertiary/aromatic N) is 4. The number of furan rings is 4. The molecule has 8 heteroatoms. The lowest BCUT2D eigenvalue weighted by Gasteiger charge is -2.33. The van der Waals surface area contributed by atoms with Gasteiger partial charge in [-0.3, -0.25) is 0 Å². The van der Waals surface area contributed by atoms with Crippen molar-refractivity contribution in [2.45, 2.75) is 83.1 Å². The van der Waals surface area contributed by atoms with E-state index in [0.29, 0.717) is 0 Å². The molecule has 0 atom stereocenters. The molecule has 8 nitrogen and oxygen atoms in total. The number of hydrogen-bond acceptors (Lipinski definition) is 8. The fourth-order valence-electron chi connectivity index (χ4n) is 25.0. The summed E-state index contributed by atoms with van der Waals surface area (Å²) in [4.78, 5) is 10.00. The summed E-state index contributed by atoms with van der Waals surface area (Å²) < 4.78 is 26.3.